The van der Waals surface area contributed by atoms with E-state index in [0.29, 0.717) is 0 Å². The number of benzene rings is 1. The van der Waals surface area contributed by atoms with Gasteiger partial charge in [-0.25, -0.2) is 4.79 Å². The molecule has 1 heterocycles. The zero-order chi connectivity index (χ0) is 16.2. The zero-order valence-electron chi connectivity index (χ0n) is 13.1. The topological polar surface area (TPSA) is 57.1 Å². The molecule has 0 aromatic heterocycles. The number of aliphatic imine (C=N–C) groups is 1. The van der Waals surface area contributed by atoms with Crippen molar-refractivity contribution >= 4 is 12.2 Å². The fourth-order valence-corrected chi connectivity index (χ4v) is 2.32. The molecule has 3 atom stereocenters. The number of nitrogens with zero attached hydrogens (tertiary/aromatic N) is 1. The Hall–Kier alpha value is -1.98. The quantitative estimate of drug-likeness (QED) is 0.477. The third kappa shape index (κ3) is 3.81. The summed E-state index contributed by atoms with van der Waals surface area (Å²) in [6.07, 6.45) is 2.58. The first-order valence-electron chi connectivity index (χ1n) is 7.11. The third-order valence-electron chi connectivity index (χ3n) is 3.32. The summed E-state index contributed by atoms with van der Waals surface area (Å²) in [4.78, 5) is 16.3. The Balaban J connectivity index is 2.20. The van der Waals surface area contributed by atoms with E-state index in [9.17, 15) is 4.79 Å². The lowest BCUT2D eigenvalue weighted by molar-refractivity contribution is -0.142. The molecule has 0 aliphatic carbocycles. The van der Waals surface area contributed by atoms with Gasteiger partial charge in [-0.3, -0.25) is 4.99 Å². The lowest BCUT2D eigenvalue weighted by Crippen LogP contribution is -2.23. The molecule has 1 aromatic carbocycles. The molecule has 0 unspecified atom stereocenters. The minimum absolute atomic E-state index is 0.298. The van der Waals surface area contributed by atoms with Gasteiger partial charge in [0.1, 0.15) is 12.2 Å². The van der Waals surface area contributed by atoms with Gasteiger partial charge in [-0.2, -0.15) is 0 Å². The molecule has 0 amide bonds. The van der Waals surface area contributed by atoms with Gasteiger partial charge in [-0.15, -0.1) is 6.58 Å². The van der Waals surface area contributed by atoms with Crippen molar-refractivity contribution in [2.24, 2.45) is 4.99 Å². The second kappa shape index (κ2) is 6.85. The van der Waals surface area contributed by atoms with Crippen LogP contribution < -0.4 is 0 Å². The molecule has 118 valence electrons. The van der Waals surface area contributed by atoms with Crippen LogP contribution in [0.15, 0.2) is 48.0 Å². The molecule has 1 saturated heterocycles. The summed E-state index contributed by atoms with van der Waals surface area (Å²) in [5.74, 6) is -1.13. The molecule has 1 aromatic rings. The Kier molecular flexibility index (Phi) is 5.11. The lowest BCUT2D eigenvalue weighted by Gasteiger charge is -2.16. The van der Waals surface area contributed by atoms with Crippen molar-refractivity contribution in [3.63, 3.8) is 0 Å². The van der Waals surface area contributed by atoms with Crippen LogP contribution >= 0.6 is 0 Å². The van der Waals surface area contributed by atoms with Crippen LogP contribution in [0.4, 0.5) is 0 Å². The van der Waals surface area contributed by atoms with Gasteiger partial charge in [0, 0.05) is 6.21 Å². The maximum absolute atomic E-state index is 12.0. The number of hydrogen-bond donors (Lipinski definition) is 0. The maximum Gasteiger partial charge on any atom is 0.335 e. The standard InChI is InChI=1S/C17H21NO4/c1-5-13-14(22-17(2,3)21-13)11-18-15(16(19)20-4)12-9-7-6-8-10-12/h5-11,13-15H,1H2,2-4H3/t13-,14+,15+/m1/s1. The minimum atomic E-state index is -0.719. The molecule has 0 saturated carbocycles. The zero-order valence-corrected chi connectivity index (χ0v) is 13.1. The summed E-state index contributed by atoms with van der Waals surface area (Å²) in [5, 5.41) is 0. The third-order valence-corrected chi connectivity index (χ3v) is 3.32. The number of hydrogen-bond acceptors (Lipinski definition) is 5. The fourth-order valence-electron chi connectivity index (χ4n) is 2.32. The molecule has 0 N–H and O–H groups in total. The first-order chi connectivity index (χ1) is 10.5. The number of rotatable bonds is 5. The summed E-state index contributed by atoms with van der Waals surface area (Å²) in [5.41, 5.74) is 0.763. The smallest absolute Gasteiger partial charge is 0.335 e. The van der Waals surface area contributed by atoms with Crippen LogP contribution in [0.3, 0.4) is 0 Å². The van der Waals surface area contributed by atoms with E-state index >= 15 is 0 Å². The maximum atomic E-state index is 12.0. The molecule has 22 heavy (non-hydrogen) atoms. The highest BCUT2D eigenvalue weighted by Gasteiger charge is 2.39. The van der Waals surface area contributed by atoms with Gasteiger partial charge in [-0.05, 0) is 19.4 Å². The van der Waals surface area contributed by atoms with Crippen LogP contribution in [0.25, 0.3) is 0 Å². The van der Waals surface area contributed by atoms with E-state index in [2.05, 4.69) is 11.6 Å². The van der Waals surface area contributed by atoms with E-state index in [1.807, 2.05) is 44.2 Å². The van der Waals surface area contributed by atoms with Crippen molar-refractivity contribution in [3.05, 3.63) is 48.6 Å². The average Bonchev–Trinajstić information content (AvgIpc) is 2.82. The lowest BCUT2D eigenvalue weighted by atomic mass is 10.1. The van der Waals surface area contributed by atoms with Crippen LogP contribution in [0.1, 0.15) is 25.5 Å². The summed E-state index contributed by atoms with van der Waals surface area (Å²) < 4.78 is 16.3. The van der Waals surface area contributed by atoms with Gasteiger partial charge >= 0.3 is 5.97 Å². The monoisotopic (exact) mass is 303 g/mol. The molecule has 1 aliphatic heterocycles. The Labute approximate surface area is 130 Å². The van der Waals surface area contributed by atoms with Gasteiger partial charge in [0.15, 0.2) is 11.8 Å². The number of esters is 1. The molecule has 0 bridgehead atoms. The summed E-state index contributed by atoms with van der Waals surface area (Å²) in [6.45, 7) is 7.39. The molecule has 5 nitrogen and oxygen atoms in total. The van der Waals surface area contributed by atoms with Crippen LogP contribution in [0, 0.1) is 0 Å². The van der Waals surface area contributed by atoms with Crippen LogP contribution in [-0.4, -0.2) is 37.3 Å². The number of carbonyl (C=O) groups is 1. The molecule has 5 heteroatoms. The summed E-state index contributed by atoms with van der Waals surface area (Å²) in [6, 6.07) is 8.53. The van der Waals surface area contributed by atoms with Crippen LogP contribution in [-0.2, 0) is 19.0 Å². The molecule has 0 radical (unpaired) electrons. The largest absolute Gasteiger partial charge is 0.467 e. The Morgan fingerprint density at radius 1 is 1.32 bits per heavy atom. The van der Waals surface area contributed by atoms with Crippen LogP contribution in [0.5, 0.6) is 0 Å². The van der Waals surface area contributed by atoms with Crippen LogP contribution in [0.2, 0.25) is 0 Å². The average molecular weight is 303 g/mol. The first kappa shape index (κ1) is 16.4. The van der Waals surface area contributed by atoms with E-state index in [1.54, 1.807) is 12.3 Å². The van der Waals surface area contributed by atoms with Gasteiger partial charge in [0.2, 0.25) is 0 Å². The van der Waals surface area contributed by atoms with E-state index in [1.165, 1.54) is 7.11 Å². The van der Waals surface area contributed by atoms with Gasteiger partial charge in [0.05, 0.1) is 7.11 Å². The first-order valence-corrected chi connectivity index (χ1v) is 7.11. The van der Waals surface area contributed by atoms with Crippen molar-refractivity contribution in [2.45, 2.75) is 37.9 Å². The number of methoxy groups -OCH3 is 1. The molecule has 2 rings (SSSR count). The van der Waals surface area contributed by atoms with E-state index in [4.69, 9.17) is 14.2 Å². The SMILES string of the molecule is C=C[C@H]1OC(C)(C)O[C@H]1C=N[C@H](C(=O)OC)c1ccccc1. The van der Waals surface area contributed by atoms with Gasteiger partial charge < -0.3 is 14.2 Å². The highest BCUT2D eigenvalue weighted by atomic mass is 16.7. The molecule has 0 spiro atoms. The van der Waals surface area contributed by atoms with Crippen molar-refractivity contribution in [1.82, 2.24) is 0 Å². The Bertz CT molecular complexity index is 553. The molecular formula is C17H21NO4. The highest BCUT2D eigenvalue weighted by molar-refractivity contribution is 5.80. The van der Waals surface area contributed by atoms with Crippen molar-refractivity contribution < 1.29 is 19.0 Å². The Morgan fingerprint density at radius 3 is 2.55 bits per heavy atom. The van der Waals surface area contributed by atoms with Crippen molar-refractivity contribution in [3.8, 4) is 0 Å². The molecule has 1 aliphatic rings. The number of ether oxygens (including phenoxy) is 3. The van der Waals surface area contributed by atoms with Crippen molar-refractivity contribution in [1.29, 1.82) is 0 Å². The van der Waals surface area contributed by atoms with Crippen molar-refractivity contribution in [2.75, 3.05) is 7.11 Å². The normalized spacial score (nSPS) is 25.0. The van der Waals surface area contributed by atoms with E-state index < -0.39 is 17.8 Å². The van der Waals surface area contributed by atoms with Gasteiger partial charge in [0.25, 0.3) is 0 Å². The summed E-state index contributed by atoms with van der Waals surface area (Å²) >= 11 is 0. The second-order valence-corrected chi connectivity index (χ2v) is 5.43. The fraction of sp³-hybridized carbons (Fsp3) is 0.412. The predicted molar refractivity (Wildman–Crippen MR) is 83.7 cm³/mol. The summed E-state index contributed by atoms with van der Waals surface area (Å²) in [7, 11) is 1.35. The van der Waals surface area contributed by atoms with E-state index in [-0.39, 0.29) is 12.2 Å². The molecular weight excluding hydrogens is 282 g/mol. The Morgan fingerprint density at radius 2 is 1.95 bits per heavy atom. The highest BCUT2D eigenvalue weighted by Crippen LogP contribution is 2.28. The number of carbonyl (C=O) groups excluding carboxylic acids is 1. The van der Waals surface area contributed by atoms with E-state index in [0.717, 1.165) is 5.56 Å². The second-order valence-electron chi connectivity index (χ2n) is 5.43. The predicted octanol–water partition coefficient (Wildman–Crippen LogP) is 2.68. The minimum Gasteiger partial charge on any atom is -0.467 e. The van der Waals surface area contributed by atoms with Gasteiger partial charge in [-0.1, -0.05) is 36.4 Å². The molecule has 1 fully saturated rings.